The van der Waals surface area contributed by atoms with Crippen molar-refractivity contribution in [1.82, 2.24) is 9.97 Å². The molecule has 0 fully saturated rings. The third-order valence-corrected chi connectivity index (χ3v) is 3.02. The first kappa shape index (κ1) is 12.5. The van der Waals surface area contributed by atoms with Gasteiger partial charge >= 0.3 is 0 Å². The van der Waals surface area contributed by atoms with E-state index in [9.17, 15) is 0 Å². The zero-order valence-corrected chi connectivity index (χ0v) is 10.9. The highest BCUT2D eigenvalue weighted by molar-refractivity contribution is 5.33. The quantitative estimate of drug-likeness (QED) is 0.755. The molecule has 2 heteroatoms. The Bertz CT molecular complexity index is 515. The van der Waals surface area contributed by atoms with Gasteiger partial charge in [-0.05, 0) is 31.4 Å². The molecule has 0 amide bonds. The van der Waals surface area contributed by atoms with Crippen molar-refractivity contribution in [2.75, 3.05) is 0 Å². The number of nitrogens with zero attached hydrogens (tertiary/aromatic N) is 2. The van der Waals surface area contributed by atoms with Crippen molar-refractivity contribution in [3.63, 3.8) is 0 Å². The number of aromatic nitrogens is 2. The molecule has 0 radical (unpaired) electrons. The number of allylic oxidation sites excluding steroid dienone is 1. The first-order valence-corrected chi connectivity index (χ1v) is 6.12. The van der Waals surface area contributed by atoms with Gasteiger partial charge in [0.2, 0.25) is 0 Å². The summed E-state index contributed by atoms with van der Waals surface area (Å²) in [5.41, 5.74) is 4.88. The molecule has 2 rings (SSSR count). The maximum Gasteiger partial charge on any atom is 0.115 e. The maximum absolute atomic E-state index is 4.12. The highest BCUT2D eigenvalue weighted by atomic mass is 14.8. The summed E-state index contributed by atoms with van der Waals surface area (Å²) in [7, 11) is 0. The maximum atomic E-state index is 4.12. The topological polar surface area (TPSA) is 25.8 Å². The molecular formula is C16H18N2. The number of hydrogen-bond acceptors (Lipinski definition) is 2. The largest absolute Gasteiger partial charge is 0.245 e. The van der Waals surface area contributed by atoms with E-state index < -0.39 is 0 Å². The van der Waals surface area contributed by atoms with E-state index in [0.29, 0.717) is 5.92 Å². The highest BCUT2D eigenvalue weighted by Gasteiger charge is 2.14. The van der Waals surface area contributed by atoms with Gasteiger partial charge in [0, 0.05) is 18.3 Å². The molecule has 0 N–H and O–H groups in total. The third-order valence-electron chi connectivity index (χ3n) is 3.02. The predicted octanol–water partition coefficient (Wildman–Crippen LogP) is 3.88. The van der Waals surface area contributed by atoms with Gasteiger partial charge in [0.25, 0.3) is 0 Å². The minimum absolute atomic E-state index is 0.296. The molecule has 0 aliphatic carbocycles. The summed E-state index contributed by atoms with van der Waals surface area (Å²) in [6, 6.07) is 8.64. The Morgan fingerprint density at radius 2 is 1.72 bits per heavy atom. The molecule has 1 atom stereocenters. The van der Waals surface area contributed by atoms with E-state index in [2.05, 4.69) is 54.7 Å². The lowest BCUT2D eigenvalue weighted by atomic mass is 9.87. The van der Waals surface area contributed by atoms with E-state index in [4.69, 9.17) is 0 Å². The van der Waals surface area contributed by atoms with Crippen LogP contribution in [0.1, 0.15) is 36.0 Å². The second kappa shape index (κ2) is 5.58. The Hall–Kier alpha value is -1.96. The molecule has 0 saturated carbocycles. The molecule has 0 bridgehead atoms. The zero-order chi connectivity index (χ0) is 13.0. The lowest BCUT2D eigenvalue weighted by Gasteiger charge is -2.17. The predicted molar refractivity (Wildman–Crippen MR) is 74.5 cm³/mol. The summed E-state index contributed by atoms with van der Waals surface area (Å²) in [6.45, 7) is 8.18. The summed E-state index contributed by atoms with van der Waals surface area (Å²) in [6.07, 6.45) is 6.27. The van der Waals surface area contributed by atoms with E-state index in [-0.39, 0.29) is 0 Å². The normalized spacial score (nSPS) is 12.1. The van der Waals surface area contributed by atoms with Crippen LogP contribution in [0.2, 0.25) is 0 Å². The molecule has 1 aromatic heterocycles. The second-order valence-electron chi connectivity index (χ2n) is 4.80. The van der Waals surface area contributed by atoms with Gasteiger partial charge in [0.05, 0.1) is 0 Å². The van der Waals surface area contributed by atoms with Crippen molar-refractivity contribution in [3.05, 3.63) is 71.8 Å². The lowest BCUT2D eigenvalue weighted by molar-refractivity contribution is 0.785. The van der Waals surface area contributed by atoms with Crippen LogP contribution in [0.3, 0.4) is 0 Å². The average molecular weight is 238 g/mol. The molecule has 0 spiro atoms. The second-order valence-corrected chi connectivity index (χ2v) is 4.80. The van der Waals surface area contributed by atoms with Crippen molar-refractivity contribution in [2.45, 2.75) is 26.2 Å². The van der Waals surface area contributed by atoms with E-state index in [0.717, 1.165) is 12.0 Å². The van der Waals surface area contributed by atoms with Crippen LogP contribution < -0.4 is 0 Å². The molecule has 1 heterocycles. The number of benzene rings is 1. The summed E-state index contributed by atoms with van der Waals surface area (Å²) in [5, 5.41) is 0. The summed E-state index contributed by atoms with van der Waals surface area (Å²) in [4.78, 5) is 8.23. The molecule has 0 aliphatic rings. The molecule has 0 saturated heterocycles. The summed E-state index contributed by atoms with van der Waals surface area (Å²) >= 11 is 0. The molecule has 2 aromatic rings. The van der Waals surface area contributed by atoms with E-state index in [1.54, 1.807) is 6.33 Å². The zero-order valence-electron chi connectivity index (χ0n) is 10.9. The van der Waals surface area contributed by atoms with Crippen molar-refractivity contribution in [3.8, 4) is 0 Å². The van der Waals surface area contributed by atoms with Gasteiger partial charge in [-0.3, -0.25) is 0 Å². The molecule has 0 aliphatic heterocycles. The molecule has 92 valence electrons. The fourth-order valence-electron chi connectivity index (χ4n) is 2.07. The van der Waals surface area contributed by atoms with E-state index in [1.807, 2.05) is 12.4 Å². The smallest absolute Gasteiger partial charge is 0.115 e. The summed E-state index contributed by atoms with van der Waals surface area (Å²) in [5.74, 6) is 0.296. The minimum Gasteiger partial charge on any atom is -0.245 e. The van der Waals surface area contributed by atoms with E-state index in [1.165, 1.54) is 16.7 Å². The Labute approximate surface area is 108 Å². The van der Waals surface area contributed by atoms with Crippen LogP contribution in [0.25, 0.3) is 0 Å². The van der Waals surface area contributed by atoms with Crippen molar-refractivity contribution >= 4 is 0 Å². The van der Waals surface area contributed by atoms with Crippen LogP contribution in [0.4, 0.5) is 0 Å². The van der Waals surface area contributed by atoms with Gasteiger partial charge in [-0.1, -0.05) is 35.4 Å². The van der Waals surface area contributed by atoms with Crippen molar-refractivity contribution in [1.29, 1.82) is 0 Å². The van der Waals surface area contributed by atoms with Gasteiger partial charge in [-0.25, -0.2) is 9.97 Å². The van der Waals surface area contributed by atoms with Gasteiger partial charge in [-0.15, -0.1) is 6.58 Å². The Balaban J connectivity index is 2.36. The SMILES string of the molecule is C=C(C)CC(c1ccc(C)cc1)c1cncnc1. The third kappa shape index (κ3) is 3.04. The van der Waals surface area contributed by atoms with Crippen LogP contribution in [0.15, 0.2) is 55.1 Å². The molecule has 1 aromatic carbocycles. The molecular weight excluding hydrogens is 220 g/mol. The Morgan fingerprint density at radius 1 is 1.11 bits per heavy atom. The first-order chi connectivity index (χ1) is 8.66. The van der Waals surface area contributed by atoms with Crippen LogP contribution in [-0.4, -0.2) is 9.97 Å². The van der Waals surface area contributed by atoms with Gasteiger partial charge in [0.1, 0.15) is 6.33 Å². The van der Waals surface area contributed by atoms with E-state index >= 15 is 0 Å². The highest BCUT2D eigenvalue weighted by Crippen LogP contribution is 2.29. The molecule has 18 heavy (non-hydrogen) atoms. The molecule has 1 unspecified atom stereocenters. The Morgan fingerprint density at radius 3 is 2.28 bits per heavy atom. The fraction of sp³-hybridized carbons (Fsp3) is 0.250. The number of aryl methyl sites for hydroxylation is 1. The fourth-order valence-corrected chi connectivity index (χ4v) is 2.07. The van der Waals surface area contributed by atoms with Crippen molar-refractivity contribution in [2.24, 2.45) is 0 Å². The van der Waals surface area contributed by atoms with Crippen LogP contribution in [0.5, 0.6) is 0 Å². The van der Waals surface area contributed by atoms with Crippen molar-refractivity contribution < 1.29 is 0 Å². The standard InChI is InChI=1S/C16H18N2/c1-12(2)8-16(15-9-17-11-18-10-15)14-6-4-13(3)5-7-14/h4-7,9-11,16H,1,8H2,2-3H3. The lowest BCUT2D eigenvalue weighted by Crippen LogP contribution is -2.03. The van der Waals surface area contributed by atoms with Gasteiger partial charge in [0.15, 0.2) is 0 Å². The monoisotopic (exact) mass is 238 g/mol. The van der Waals surface area contributed by atoms with Gasteiger partial charge in [-0.2, -0.15) is 0 Å². The summed E-state index contributed by atoms with van der Waals surface area (Å²) < 4.78 is 0. The minimum atomic E-state index is 0.296. The first-order valence-electron chi connectivity index (χ1n) is 6.12. The van der Waals surface area contributed by atoms with Crippen LogP contribution in [0, 0.1) is 6.92 Å². The number of rotatable bonds is 4. The average Bonchev–Trinajstić information content (AvgIpc) is 2.38. The Kier molecular flexibility index (Phi) is 3.88. The number of hydrogen-bond donors (Lipinski definition) is 0. The van der Waals surface area contributed by atoms with Crippen LogP contribution in [-0.2, 0) is 0 Å². The van der Waals surface area contributed by atoms with Crippen LogP contribution >= 0.6 is 0 Å². The van der Waals surface area contributed by atoms with Gasteiger partial charge < -0.3 is 0 Å². The molecule has 2 nitrogen and oxygen atoms in total.